The molecule has 3 aromatic rings. The Balaban J connectivity index is 1.03. The van der Waals surface area contributed by atoms with Crippen molar-refractivity contribution in [2.45, 2.75) is 105 Å². The van der Waals surface area contributed by atoms with E-state index in [2.05, 4.69) is 40.6 Å². The Labute approximate surface area is 309 Å². The van der Waals surface area contributed by atoms with Crippen LogP contribution in [0.2, 0.25) is 5.02 Å². The summed E-state index contributed by atoms with van der Waals surface area (Å²) in [6, 6.07) is 16.5. The van der Waals surface area contributed by atoms with Crippen molar-refractivity contribution in [2.24, 2.45) is 0 Å². The van der Waals surface area contributed by atoms with Gasteiger partial charge in [-0.3, -0.25) is 9.78 Å². The molecule has 0 bridgehead atoms. The smallest absolute Gasteiger partial charge is 0.225 e. The first-order valence-electron chi connectivity index (χ1n) is 18.2. The average Bonchev–Trinajstić information content (AvgIpc) is 4.11. The van der Waals surface area contributed by atoms with E-state index in [1.165, 1.54) is 5.56 Å². The van der Waals surface area contributed by atoms with E-state index >= 15 is 0 Å². The third-order valence-corrected chi connectivity index (χ3v) is 11.5. The highest BCUT2D eigenvalue weighted by Gasteiger charge is 2.46. The Bertz CT molecular complexity index is 1600. The van der Waals surface area contributed by atoms with Gasteiger partial charge in [-0.1, -0.05) is 29.8 Å². The number of hydrogen-bond donors (Lipinski definition) is 5. The molecule has 12 heteroatoms. The lowest BCUT2D eigenvalue weighted by atomic mass is 9.94. The number of para-hydroxylation sites is 1. The summed E-state index contributed by atoms with van der Waals surface area (Å²) in [4.78, 5) is 20.7. The topological polar surface area (TPSA) is 145 Å². The molecule has 0 spiro atoms. The molecule has 1 amide bonds. The molecular formula is C39H50ClN3O7S. The summed E-state index contributed by atoms with van der Waals surface area (Å²) in [7, 11) is 0. The first-order chi connectivity index (χ1) is 24.8. The van der Waals surface area contributed by atoms with Crippen LogP contribution in [0.4, 0.5) is 0 Å². The summed E-state index contributed by atoms with van der Waals surface area (Å²) in [6.45, 7) is 1.60. The monoisotopic (exact) mass is 739 g/mol. The van der Waals surface area contributed by atoms with Crippen LogP contribution in [0.15, 0.2) is 65.8 Å². The summed E-state index contributed by atoms with van der Waals surface area (Å²) in [5.41, 5.74) is 4.29. The molecule has 2 heterocycles. The van der Waals surface area contributed by atoms with Gasteiger partial charge in [0.15, 0.2) is 0 Å². The van der Waals surface area contributed by atoms with Gasteiger partial charge in [0.05, 0.1) is 25.2 Å². The second-order valence-corrected chi connectivity index (χ2v) is 15.5. The highest BCUT2D eigenvalue weighted by atomic mass is 35.5. The van der Waals surface area contributed by atoms with Crippen LogP contribution in [0.1, 0.15) is 68.9 Å². The molecule has 276 valence electrons. The molecule has 51 heavy (non-hydrogen) atoms. The van der Waals surface area contributed by atoms with Gasteiger partial charge in [-0.2, -0.15) is 0 Å². The van der Waals surface area contributed by atoms with Gasteiger partial charge in [0.2, 0.25) is 5.91 Å². The number of unbranched alkanes of at least 4 members (excludes halogenated alkanes) is 1. The lowest BCUT2D eigenvalue weighted by molar-refractivity contribution is -0.142. The molecule has 3 aliphatic rings. The number of hydrogen-bond acceptors (Lipinski definition) is 10. The largest absolute Gasteiger partial charge is 0.490 e. The highest BCUT2D eigenvalue weighted by Crippen LogP contribution is 2.50. The zero-order valence-corrected chi connectivity index (χ0v) is 30.5. The molecule has 3 fully saturated rings. The summed E-state index contributed by atoms with van der Waals surface area (Å²) >= 11 is 8.47. The normalized spacial score (nSPS) is 18.9. The standard InChI is InChI=1S/C39H50ClN3O7S/c40-33-10-9-29(51-20-4-3-17-43(27-12-18-49-19-13-27)37(47)22-34(45)38(48)35(46)25-44)21-26(33)23-42-39(14-15-39)32-24-41-16-11-30(32)31-5-1-2-6-36(31)50-28-7-8-28/h1-2,5-6,9-11,16,21,24,27-28,34-35,38,42,44-46,48H,3-4,7-8,12-15,17-20,22-23,25H2. The number of aliphatic hydroxyl groups is 4. The predicted octanol–water partition coefficient (Wildman–Crippen LogP) is 5.07. The Morgan fingerprint density at radius 2 is 1.82 bits per heavy atom. The van der Waals surface area contributed by atoms with Crippen molar-refractivity contribution in [1.82, 2.24) is 15.2 Å². The minimum absolute atomic E-state index is 0.000610. The number of halogens is 1. The summed E-state index contributed by atoms with van der Waals surface area (Å²) < 4.78 is 11.8. The maximum absolute atomic E-state index is 13.2. The van der Waals surface area contributed by atoms with Crippen molar-refractivity contribution in [2.75, 3.05) is 32.1 Å². The fourth-order valence-corrected chi connectivity index (χ4v) is 7.90. The van der Waals surface area contributed by atoms with Crippen LogP contribution in [-0.4, -0.2) is 98.8 Å². The number of carbonyl (C=O) groups excluding carboxylic acids is 1. The van der Waals surface area contributed by atoms with Crippen molar-refractivity contribution >= 4 is 29.3 Å². The molecule has 2 saturated carbocycles. The van der Waals surface area contributed by atoms with Crippen molar-refractivity contribution in [3.05, 3.63) is 77.1 Å². The molecule has 6 rings (SSSR count). The number of ether oxygens (including phenoxy) is 2. The fourth-order valence-electron chi connectivity index (χ4n) is 6.74. The van der Waals surface area contributed by atoms with Gasteiger partial charge in [0, 0.05) is 65.8 Å². The van der Waals surface area contributed by atoms with Crippen LogP contribution in [0.25, 0.3) is 11.1 Å². The lowest BCUT2D eigenvalue weighted by Gasteiger charge is -2.35. The van der Waals surface area contributed by atoms with Crippen molar-refractivity contribution in [1.29, 1.82) is 0 Å². The summed E-state index contributed by atoms with van der Waals surface area (Å²) in [6.07, 6.45) is 6.59. The van der Waals surface area contributed by atoms with Gasteiger partial charge in [0.1, 0.15) is 18.0 Å². The molecule has 10 nitrogen and oxygen atoms in total. The Kier molecular flexibility index (Phi) is 13.3. The third-order valence-electron chi connectivity index (χ3n) is 10.1. The third kappa shape index (κ3) is 10.0. The fraction of sp³-hybridized carbons (Fsp3) is 0.538. The van der Waals surface area contributed by atoms with Gasteiger partial charge in [-0.15, -0.1) is 11.8 Å². The van der Waals surface area contributed by atoms with Crippen LogP contribution in [0.3, 0.4) is 0 Å². The average molecular weight is 740 g/mol. The van der Waals surface area contributed by atoms with E-state index in [1.807, 2.05) is 30.6 Å². The maximum atomic E-state index is 13.2. The van der Waals surface area contributed by atoms with Gasteiger partial charge in [-0.05, 0) is 104 Å². The van der Waals surface area contributed by atoms with Crippen LogP contribution in [0, 0.1) is 0 Å². The predicted molar refractivity (Wildman–Crippen MR) is 198 cm³/mol. The van der Waals surface area contributed by atoms with E-state index in [4.69, 9.17) is 26.2 Å². The molecule has 1 aromatic heterocycles. The molecular weight excluding hydrogens is 690 g/mol. The number of aliphatic hydroxyl groups excluding tert-OH is 4. The van der Waals surface area contributed by atoms with Crippen LogP contribution >= 0.6 is 23.4 Å². The molecule has 2 aromatic carbocycles. The molecule has 1 aliphatic heterocycles. The van der Waals surface area contributed by atoms with E-state index in [0.29, 0.717) is 45.2 Å². The van der Waals surface area contributed by atoms with E-state index < -0.39 is 24.9 Å². The molecule has 3 atom stereocenters. The Hall–Kier alpha value is -2.74. The van der Waals surface area contributed by atoms with Crippen molar-refractivity contribution < 1.29 is 34.7 Å². The quantitative estimate of drug-likeness (QED) is 0.0836. The molecule has 0 radical (unpaired) electrons. The number of nitrogens with one attached hydrogen (secondary N) is 1. The summed E-state index contributed by atoms with van der Waals surface area (Å²) in [5, 5.41) is 43.8. The van der Waals surface area contributed by atoms with Gasteiger partial charge in [0.25, 0.3) is 0 Å². The van der Waals surface area contributed by atoms with Gasteiger partial charge < -0.3 is 40.1 Å². The zero-order valence-electron chi connectivity index (χ0n) is 29.0. The molecule has 1 saturated heterocycles. The molecule has 5 N–H and O–H groups in total. The van der Waals surface area contributed by atoms with E-state index in [-0.39, 0.29) is 23.9 Å². The highest BCUT2D eigenvalue weighted by molar-refractivity contribution is 7.99. The van der Waals surface area contributed by atoms with Gasteiger partial charge >= 0.3 is 0 Å². The van der Waals surface area contributed by atoms with Crippen molar-refractivity contribution in [3.63, 3.8) is 0 Å². The summed E-state index contributed by atoms with van der Waals surface area (Å²) in [5.74, 6) is 1.51. The van der Waals surface area contributed by atoms with Crippen LogP contribution in [0.5, 0.6) is 5.75 Å². The number of carbonyl (C=O) groups is 1. The number of pyridine rings is 1. The number of rotatable bonds is 19. The molecule has 2 aliphatic carbocycles. The Morgan fingerprint density at radius 3 is 2.57 bits per heavy atom. The lowest BCUT2D eigenvalue weighted by Crippen LogP contribution is -2.47. The molecule has 3 unspecified atom stereocenters. The number of aromatic nitrogens is 1. The van der Waals surface area contributed by atoms with Crippen LogP contribution in [-0.2, 0) is 21.6 Å². The van der Waals surface area contributed by atoms with Gasteiger partial charge in [-0.25, -0.2) is 0 Å². The number of nitrogens with zero attached hydrogens (tertiary/aromatic N) is 2. The number of benzene rings is 2. The minimum atomic E-state index is -1.59. The minimum Gasteiger partial charge on any atom is -0.490 e. The first-order valence-corrected chi connectivity index (χ1v) is 19.5. The van der Waals surface area contributed by atoms with E-state index in [1.54, 1.807) is 16.7 Å². The van der Waals surface area contributed by atoms with Crippen molar-refractivity contribution in [3.8, 4) is 16.9 Å². The first kappa shape index (κ1) is 38.0. The number of amides is 1. The second-order valence-electron chi connectivity index (χ2n) is 13.9. The van der Waals surface area contributed by atoms with E-state index in [0.717, 1.165) is 76.6 Å². The van der Waals surface area contributed by atoms with E-state index in [9.17, 15) is 20.1 Å². The maximum Gasteiger partial charge on any atom is 0.225 e. The Morgan fingerprint density at radius 1 is 1.04 bits per heavy atom. The number of thioether (sulfide) groups is 1. The second kappa shape index (κ2) is 17.9. The SMILES string of the molecule is O=C(CC(O)C(O)C(O)CO)N(CCCCSc1ccc(Cl)c(CNC2(c3cnccc3-c3ccccc3OC3CC3)CC2)c1)C1CCOCC1. The zero-order chi connectivity index (χ0) is 35.8. The van der Waals surface area contributed by atoms with Crippen LogP contribution < -0.4 is 10.1 Å².